The third-order valence-electron chi connectivity index (χ3n) is 4.00. The maximum absolute atomic E-state index is 12.4. The van der Waals surface area contributed by atoms with Crippen molar-refractivity contribution in [3.63, 3.8) is 0 Å². The van der Waals surface area contributed by atoms with E-state index < -0.39 is 34.3 Å². The molecule has 0 saturated carbocycles. The van der Waals surface area contributed by atoms with E-state index in [4.69, 9.17) is 9.84 Å². The second kappa shape index (κ2) is 9.71. The van der Waals surface area contributed by atoms with Gasteiger partial charge < -0.3 is 14.9 Å². The molecule has 10 nitrogen and oxygen atoms in total. The maximum Gasteiger partial charge on any atom is 0.339 e. The van der Waals surface area contributed by atoms with E-state index in [1.165, 1.54) is 36.4 Å². The molecule has 0 aliphatic rings. The fourth-order valence-electron chi connectivity index (χ4n) is 2.47. The largest absolute Gasteiger partial charge is 0.507 e. The van der Waals surface area contributed by atoms with E-state index in [9.17, 15) is 23.1 Å². The molecule has 0 unspecified atom stereocenters. The number of carbonyl (C=O) groups excluding carboxylic acids is 1. The third kappa shape index (κ3) is 5.89. The zero-order valence-electron chi connectivity index (χ0n) is 16.4. The van der Waals surface area contributed by atoms with Crippen LogP contribution in [0, 0.1) is 0 Å². The molecule has 3 aromatic carbocycles. The van der Waals surface area contributed by atoms with Gasteiger partial charge in [-0.15, -0.1) is 0 Å². The number of hydrogen-bond acceptors (Lipinski definition) is 8. The van der Waals surface area contributed by atoms with Crippen molar-refractivity contribution in [2.75, 3.05) is 6.61 Å². The average molecular weight is 455 g/mol. The van der Waals surface area contributed by atoms with Gasteiger partial charge in [-0.2, -0.15) is 10.2 Å². The number of sulfonamides is 1. The molecular formula is C21H17N3O7S. The minimum Gasteiger partial charge on any atom is -0.507 e. The number of para-hydroxylation sites is 1. The number of carbonyl (C=O) groups is 2. The first-order valence-corrected chi connectivity index (χ1v) is 10.5. The van der Waals surface area contributed by atoms with E-state index in [0.29, 0.717) is 5.75 Å². The van der Waals surface area contributed by atoms with Gasteiger partial charge in [-0.05, 0) is 54.6 Å². The quantitative estimate of drug-likeness (QED) is 0.440. The Morgan fingerprint density at radius 2 is 1.53 bits per heavy atom. The van der Waals surface area contributed by atoms with Crippen LogP contribution in [0.5, 0.6) is 11.5 Å². The number of carboxylic acids is 1. The normalized spacial score (nSPS) is 11.2. The number of aromatic hydroxyl groups is 1. The predicted molar refractivity (Wildman–Crippen MR) is 113 cm³/mol. The number of hydrogen-bond donors (Lipinski definition) is 3. The molecule has 3 aromatic rings. The highest BCUT2D eigenvalue weighted by Gasteiger charge is 2.18. The van der Waals surface area contributed by atoms with Crippen LogP contribution < -0.4 is 9.46 Å². The lowest BCUT2D eigenvalue weighted by Crippen LogP contribution is -2.34. The second-order valence-corrected chi connectivity index (χ2v) is 8.01. The first-order chi connectivity index (χ1) is 15.2. The molecule has 32 heavy (non-hydrogen) atoms. The summed E-state index contributed by atoms with van der Waals surface area (Å²) in [6.07, 6.45) is 0. The van der Waals surface area contributed by atoms with Crippen LogP contribution in [0.4, 0.5) is 11.4 Å². The monoisotopic (exact) mass is 455 g/mol. The van der Waals surface area contributed by atoms with Crippen LogP contribution >= 0.6 is 0 Å². The minimum absolute atomic E-state index is 0.165. The summed E-state index contributed by atoms with van der Waals surface area (Å²) in [6, 6.07) is 17.4. The average Bonchev–Trinajstić information content (AvgIpc) is 2.77. The van der Waals surface area contributed by atoms with Gasteiger partial charge in [0.2, 0.25) is 0 Å². The lowest BCUT2D eigenvalue weighted by Gasteiger charge is -2.08. The van der Waals surface area contributed by atoms with Crippen LogP contribution in [0.3, 0.4) is 0 Å². The first kappa shape index (κ1) is 22.4. The molecule has 164 valence electrons. The molecule has 0 aliphatic heterocycles. The molecule has 0 heterocycles. The van der Waals surface area contributed by atoms with Crippen LogP contribution in [0.15, 0.2) is 87.9 Å². The number of aromatic carboxylic acids is 1. The fraction of sp³-hybridized carbons (Fsp3) is 0.0476. The van der Waals surface area contributed by atoms with Crippen molar-refractivity contribution in [2.45, 2.75) is 4.90 Å². The van der Waals surface area contributed by atoms with E-state index in [0.717, 1.165) is 6.07 Å². The molecule has 0 aliphatic carbocycles. The number of carboxylic acid groups (broad SMARTS) is 1. The molecule has 0 aromatic heterocycles. The van der Waals surface area contributed by atoms with Crippen molar-refractivity contribution < 1.29 is 33.0 Å². The van der Waals surface area contributed by atoms with E-state index in [-0.39, 0.29) is 21.8 Å². The zero-order valence-corrected chi connectivity index (χ0v) is 17.2. The number of nitrogens with one attached hydrogen (secondary N) is 1. The smallest absolute Gasteiger partial charge is 0.339 e. The number of rotatable bonds is 8. The van der Waals surface area contributed by atoms with Crippen LogP contribution in [-0.4, -0.2) is 37.1 Å². The van der Waals surface area contributed by atoms with Gasteiger partial charge in [-0.25, -0.2) is 17.9 Å². The molecule has 0 bridgehead atoms. The first-order valence-electron chi connectivity index (χ1n) is 9.06. The van der Waals surface area contributed by atoms with E-state index >= 15 is 0 Å². The highest BCUT2D eigenvalue weighted by atomic mass is 32.2. The van der Waals surface area contributed by atoms with Crippen molar-refractivity contribution in [2.24, 2.45) is 10.2 Å². The fourth-order valence-corrected chi connectivity index (χ4v) is 3.44. The third-order valence-corrected chi connectivity index (χ3v) is 5.39. The summed E-state index contributed by atoms with van der Waals surface area (Å²) in [5.41, 5.74) is 0.144. The topological polar surface area (TPSA) is 155 Å². The Hall–Kier alpha value is -4.25. The second-order valence-electron chi connectivity index (χ2n) is 6.33. The Morgan fingerprint density at radius 3 is 2.19 bits per heavy atom. The molecule has 11 heteroatoms. The minimum atomic E-state index is -4.11. The van der Waals surface area contributed by atoms with Gasteiger partial charge >= 0.3 is 5.97 Å². The Balaban J connectivity index is 1.64. The summed E-state index contributed by atoms with van der Waals surface area (Å²) in [6.45, 7) is -0.472. The Labute approximate surface area is 182 Å². The highest BCUT2D eigenvalue weighted by molar-refractivity contribution is 7.90. The summed E-state index contributed by atoms with van der Waals surface area (Å²) in [4.78, 5) is 22.8. The molecule has 0 fully saturated rings. The van der Waals surface area contributed by atoms with Gasteiger partial charge in [0, 0.05) is 0 Å². The molecule has 0 saturated heterocycles. The van der Waals surface area contributed by atoms with Gasteiger partial charge in [0.05, 0.1) is 16.3 Å². The zero-order chi connectivity index (χ0) is 23.1. The number of azo groups is 1. The number of benzene rings is 3. The maximum atomic E-state index is 12.4. The van der Waals surface area contributed by atoms with Crippen molar-refractivity contribution in [3.05, 3.63) is 78.4 Å². The summed E-state index contributed by atoms with van der Waals surface area (Å²) in [7, 11) is -4.11. The van der Waals surface area contributed by atoms with Crippen LogP contribution in [-0.2, 0) is 14.8 Å². The molecule has 0 atom stereocenters. The highest BCUT2D eigenvalue weighted by Crippen LogP contribution is 2.25. The molecule has 1 amide bonds. The van der Waals surface area contributed by atoms with Gasteiger partial charge in [-0.3, -0.25) is 4.79 Å². The summed E-state index contributed by atoms with van der Waals surface area (Å²) in [5.74, 6) is -2.12. The van der Waals surface area contributed by atoms with Gasteiger partial charge in [0.1, 0.15) is 17.1 Å². The van der Waals surface area contributed by atoms with Crippen molar-refractivity contribution in [3.8, 4) is 11.5 Å². The number of ether oxygens (including phenoxy) is 1. The SMILES string of the molecule is O=C(COc1ccccc1)NS(=O)(=O)c1ccc(N=Nc2ccc(O)c(C(=O)O)c2)cc1. The summed E-state index contributed by atoms with van der Waals surface area (Å²) in [5, 5.41) is 26.3. The predicted octanol–water partition coefficient (Wildman–Crippen LogP) is 3.39. The van der Waals surface area contributed by atoms with Gasteiger partial charge in [-0.1, -0.05) is 18.2 Å². The summed E-state index contributed by atoms with van der Waals surface area (Å²) >= 11 is 0. The number of nitrogens with zero attached hydrogens (tertiary/aromatic N) is 2. The Morgan fingerprint density at radius 1 is 0.906 bits per heavy atom. The molecule has 3 rings (SSSR count). The summed E-state index contributed by atoms with van der Waals surface area (Å²) < 4.78 is 31.8. The van der Waals surface area contributed by atoms with E-state index in [1.54, 1.807) is 30.3 Å². The Kier molecular flexibility index (Phi) is 6.80. The van der Waals surface area contributed by atoms with Gasteiger partial charge in [0.15, 0.2) is 6.61 Å². The number of amides is 1. The lowest BCUT2D eigenvalue weighted by atomic mass is 10.2. The van der Waals surface area contributed by atoms with Crippen molar-refractivity contribution >= 4 is 33.3 Å². The van der Waals surface area contributed by atoms with Crippen molar-refractivity contribution in [1.29, 1.82) is 0 Å². The van der Waals surface area contributed by atoms with Crippen molar-refractivity contribution in [1.82, 2.24) is 4.72 Å². The standard InChI is InChI=1S/C21H17N3O7S/c25-19-11-8-15(12-18(19)21(27)28)23-22-14-6-9-17(10-7-14)32(29,30)24-20(26)13-31-16-4-2-1-3-5-16/h1-12,25H,13H2,(H,24,26)(H,27,28). The van der Waals surface area contributed by atoms with Crippen LogP contribution in [0.2, 0.25) is 0 Å². The van der Waals surface area contributed by atoms with E-state index in [2.05, 4.69) is 10.2 Å². The number of phenols is 1. The molecule has 3 N–H and O–H groups in total. The lowest BCUT2D eigenvalue weighted by molar-refractivity contribution is -0.121. The Bertz CT molecular complexity index is 1260. The van der Waals surface area contributed by atoms with Crippen LogP contribution in [0.25, 0.3) is 0 Å². The molecular weight excluding hydrogens is 438 g/mol. The van der Waals surface area contributed by atoms with Crippen LogP contribution in [0.1, 0.15) is 10.4 Å². The molecule has 0 spiro atoms. The van der Waals surface area contributed by atoms with E-state index in [1.807, 2.05) is 4.72 Å². The molecule has 0 radical (unpaired) electrons. The van der Waals surface area contributed by atoms with Gasteiger partial charge in [0.25, 0.3) is 15.9 Å².